The molecule has 0 aliphatic carbocycles. The topological polar surface area (TPSA) is 143 Å². The van der Waals surface area contributed by atoms with Crippen molar-refractivity contribution in [3.63, 3.8) is 0 Å². The fourth-order valence-electron chi connectivity index (χ4n) is 5.90. The molecule has 218 valence electrons. The van der Waals surface area contributed by atoms with Gasteiger partial charge >= 0.3 is 0 Å². The SMILES string of the molecule is C[C@H](/C=C/CCO)[C@@]1(O)C(=O)N(Cc2cccc(NC(=O)[C@H]3CCCN3)c2)c2ccc(NC(=O)[C@H]3CCCN3)cc21. The van der Waals surface area contributed by atoms with Crippen molar-refractivity contribution in [2.24, 2.45) is 5.92 Å². The summed E-state index contributed by atoms with van der Waals surface area (Å²) in [7, 11) is 0. The van der Waals surface area contributed by atoms with E-state index >= 15 is 0 Å². The first-order valence-electron chi connectivity index (χ1n) is 14.4. The molecule has 3 aliphatic rings. The number of rotatable bonds is 10. The van der Waals surface area contributed by atoms with Crippen LogP contribution in [0.15, 0.2) is 54.6 Å². The zero-order valence-electron chi connectivity index (χ0n) is 23.4. The molecule has 0 aromatic heterocycles. The summed E-state index contributed by atoms with van der Waals surface area (Å²) in [5.74, 6) is -1.30. The highest BCUT2D eigenvalue weighted by Crippen LogP contribution is 2.47. The third kappa shape index (κ3) is 6.06. The molecule has 5 rings (SSSR count). The van der Waals surface area contributed by atoms with Crippen molar-refractivity contribution in [1.82, 2.24) is 10.6 Å². The van der Waals surface area contributed by atoms with Crippen molar-refractivity contribution < 1.29 is 24.6 Å². The van der Waals surface area contributed by atoms with E-state index in [0.717, 1.165) is 44.3 Å². The van der Waals surface area contributed by atoms with Gasteiger partial charge in [0.25, 0.3) is 5.91 Å². The highest BCUT2D eigenvalue weighted by atomic mass is 16.3. The molecule has 10 heteroatoms. The molecule has 0 spiro atoms. The molecule has 3 aliphatic heterocycles. The van der Waals surface area contributed by atoms with Gasteiger partial charge in [0.2, 0.25) is 11.8 Å². The molecule has 0 bridgehead atoms. The molecule has 2 saturated heterocycles. The van der Waals surface area contributed by atoms with Crippen LogP contribution in [0.5, 0.6) is 0 Å². The van der Waals surface area contributed by atoms with Gasteiger partial charge in [-0.15, -0.1) is 0 Å². The lowest BCUT2D eigenvalue weighted by Gasteiger charge is -2.28. The number of aliphatic hydroxyl groups excluding tert-OH is 1. The number of nitrogens with zero attached hydrogens (tertiary/aromatic N) is 1. The van der Waals surface area contributed by atoms with Crippen molar-refractivity contribution >= 4 is 34.8 Å². The summed E-state index contributed by atoms with van der Waals surface area (Å²) < 4.78 is 0. The highest BCUT2D eigenvalue weighted by Gasteiger charge is 2.52. The molecule has 4 atom stereocenters. The predicted octanol–water partition coefficient (Wildman–Crippen LogP) is 2.38. The summed E-state index contributed by atoms with van der Waals surface area (Å²) >= 11 is 0. The van der Waals surface area contributed by atoms with E-state index in [1.807, 2.05) is 24.3 Å². The lowest BCUT2D eigenvalue weighted by molar-refractivity contribution is -0.139. The van der Waals surface area contributed by atoms with E-state index in [2.05, 4.69) is 21.3 Å². The van der Waals surface area contributed by atoms with Crippen LogP contribution in [0.2, 0.25) is 0 Å². The van der Waals surface area contributed by atoms with E-state index in [4.69, 9.17) is 0 Å². The summed E-state index contributed by atoms with van der Waals surface area (Å²) in [4.78, 5) is 40.9. The molecule has 2 fully saturated rings. The molecule has 0 radical (unpaired) electrons. The maximum Gasteiger partial charge on any atom is 0.264 e. The van der Waals surface area contributed by atoms with Gasteiger partial charge in [-0.25, -0.2) is 0 Å². The number of hydrogen-bond donors (Lipinski definition) is 6. The third-order valence-electron chi connectivity index (χ3n) is 8.21. The lowest BCUT2D eigenvalue weighted by Crippen LogP contribution is -2.44. The second-order valence-corrected chi connectivity index (χ2v) is 11.1. The predicted molar refractivity (Wildman–Crippen MR) is 157 cm³/mol. The Labute approximate surface area is 240 Å². The van der Waals surface area contributed by atoms with Gasteiger partial charge in [0.15, 0.2) is 5.60 Å². The monoisotopic (exact) mass is 561 g/mol. The standard InChI is InChI=1S/C31H39N5O5/c1-20(7-2-3-16-37)31(41)24-18-23(35-29(39)26-11-6-15-33-26)12-13-27(24)36(30(31)40)19-21-8-4-9-22(17-21)34-28(38)25-10-5-14-32-25/h2,4,7-9,12-13,17-18,20,25-26,32-33,37,41H,3,5-6,10-11,14-16,19H2,1H3,(H,34,38)(H,35,39)/b7-2+/t20-,25-,26-,31+/m1/s1. The Hall–Kier alpha value is -3.57. The molecule has 0 unspecified atom stereocenters. The summed E-state index contributed by atoms with van der Waals surface area (Å²) in [5, 5.41) is 33.5. The molecule has 3 amide bonds. The van der Waals surface area contributed by atoms with Crippen molar-refractivity contribution in [3.8, 4) is 0 Å². The fraction of sp³-hybridized carbons (Fsp3) is 0.452. The van der Waals surface area contributed by atoms with Crippen LogP contribution in [0.4, 0.5) is 17.1 Å². The summed E-state index contributed by atoms with van der Waals surface area (Å²) in [6, 6.07) is 12.1. The number of aliphatic hydroxyl groups is 2. The zero-order valence-corrected chi connectivity index (χ0v) is 23.4. The maximum atomic E-state index is 14.0. The zero-order chi connectivity index (χ0) is 29.0. The first-order valence-corrected chi connectivity index (χ1v) is 14.4. The molecule has 3 heterocycles. The Morgan fingerprint density at radius 2 is 1.71 bits per heavy atom. The summed E-state index contributed by atoms with van der Waals surface area (Å²) in [5.41, 5.74) is 1.04. The Bertz CT molecular complexity index is 1320. The lowest BCUT2D eigenvalue weighted by atomic mass is 9.82. The fourth-order valence-corrected chi connectivity index (χ4v) is 5.90. The van der Waals surface area contributed by atoms with Gasteiger partial charge in [-0.3, -0.25) is 14.4 Å². The number of amides is 3. The largest absolute Gasteiger partial charge is 0.396 e. The summed E-state index contributed by atoms with van der Waals surface area (Å²) in [6.45, 7) is 3.54. The molecule has 2 aromatic carbocycles. The normalized spacial score (nSPS) is 24.6. The number of anilines is 3. The second kappa shape index (κ2) is 12.5. The van der Waals surface area contributed by atoms with Crippen LogP contribution < -0.4 is 26.2 Å². The van der Waals surface area contributed by atoms with E-state index in [1.165, 1.54) is 0 Å². The van der Waals surface area contributed by atoms with Crippen molar-refractivity contribution in [3.05, 3.63) is 65.7 Å². The first-order chi connectivity index (χ1) is 19.8. The number of carbonyl (C=O) groups excluding carboxylic acids is 3. The van der Waals surface area contributed by atoms with E-state index in [-0.39, 0.29) is 37.0 Å². The first kappa shape index (κ1) is 28.9. The second-order valence-electron chi connectivity index (χ2n) is 11.1. The minimum absolute atomic E-state index is 0.0343. The molecule has 2 aromatic rings. The Morgan fingerprint density at radius 3 is 2.32 bits per heavy atom. The summed E-state index contributed by atoms with van der Waals surface area (Å²) in [6.07, 6.45) is 7.36. The van der Waals surface area contributed by atoms with Crippen LogP contribution in [0.3, 0.4) is 0 Å². The van der Waals surface area contributed by atoms with Crippen LogP contribution in [0.25, 0.3) is 0 Å². The van der Waals surface area contributed by atoms with Gasteiger partial charge in [-0.05, 0) is 81.1 Å². The minimum atomic E-state index is -1.87. The van der Waals surface area contributed by atoms with Crippen LogP contribution >= 0.6 is 0 Å². The quantitative estimate of drug-likeness (QED) is 0.245. The van der Waals surface area contributed by atoms with Crippen LogP contribution in [0.1, 0.15) is 50.2 Å². The van der Waals surface area contributed by atoms with E-state index in [9.17, 15) is 24.6 Å². The molecule has 0 saturated carbocycles. The third-order valence-corrected chi connectivity index (χ3v) is 8.21. The number of hydrogen-bond acceptors (Lipinski definition) is 7. The van der Waals surface area contributed by atoms with E-state index < -0.39 is 17.4 Å². The van der Waals surface area contributed by atoms with Gasteiger partial charge < -0.3 is 36.4 Å². The average molecular weight is 562 g/mol. The van der Waals surface area contributed by atoms with Gasteiger partial charge in [-0.1, -0.05) is 31.2 Å². The number of nitrogens with one attached hydrogen (secondary N) is 4. The van der Waals surface area contributed by atoms with Crippen LogP contribution in [-0.2, 0) is 26.5 Å². The minimum Gasteiger partial charge on any atom is -0.396 e. The Morgan fingerprint density at radius 1 is 1.05 bits per heavy atom. The van der Waals surface area contributed by atoms with Gasteiger partial charge in [0.1, 0.15) is 0 Å². The van der Waals surface area contributed by atoms with Crippen molar-refractivity contribution in [1.29, 1.82) is 0 Å². The molecule has 6 N–H and O–H groups in total. The molecular formula is C31H39N5O5. The smallest absolute Gasteiger partial charge is 0.264 e. The van der Waals surface area contributed by atoms with Crippen molar-refractivity contribution in [2.75, 3.05) is 35.2 Å². The maximum absolute atomic E-state index is 14.0. The molecular weight excluding hydrogens is 522 g/mol. The number of carbonyl (C=O) groups is 3. The molecule has 41 heavy (non-hydrogen) atoms. The van der Waals surface area contributed by atoms with Crippen LogP contribution in [0, 0.1) is 5.92 Å². The van der Waals surface area contributed by atoms with Crippen molar-refractivity contribution in [2.45, 2.75) is 63.3 Å². The number of benzene rings is 2. The van der Waals surface area contributed by atoms with Gasteiger partial charge in [0, 0.05) is 29.5 Å². The number of fused-ring (bicyclic) bond motifs is 1. The highest BCUT2D eigenvalue weighted by molar-refractivity contribution is 6.08. The van der Waals surface area contributed by atoms with E-state index in [1.54, 1.807) is 42.2 Å². The van der Waals surface area contributed by atoms with Crippen LogP contribution in [-0.4, -0.2) is 59.7 Å². The van der Waals surface area contributed by atoms with Gasteiger partial charge in [-0.2, -0.15) is 0 Å². The average Bonchev–Trinajstić information content (AvgIpc) is 3.74. The Balaban J connectivity index is 1.42. The Kier molecular flexibility index (Phi) is 8.84. The van der Waals surface area contributed by atoms with Gasteiger partial charge in [0.05, 0.1) is 24.3 Å². The van der Waals surface area contributed by atoms with E-state index in [0.29, 0.717) is 29.0 Å². The molecule has 10 nitrogen and oxygen atoms in total.